The molecule has 0 spiro atoms. The standard InChI is InChI=1S/C11H14N2O/c1-7-4-5-10-11(8(7)2)12-6-13(10)9(3)14/h4-6,8,11H,1-3H3. The van der Waals surface area contributed by atoms with E-state index in [2.05, 4.69) is 24.9 Å². The maximum Gasteiger partial charge on any atom is 0.228 e. The Labute approximate surface area is 83.8 Å². The van der Waals surface area contributed by atoms with Gasteiger partial charge in [0, 0.05) is 12.8 Å². The van der Waals surface area contributed by atoms with Crippen molar-refractivity contribution >= 4 is 12.2 Å². The van der Waals surface area contributed by atoms with Crippen LogP contribution in [0.1, 0.15) is 20.8 Å². The molecule has 0 saturated heterocycles. The maximum absolute atomic E-state index is 11.3. The second kappa shape index (κ2) is 3.08. The number of allylic oxidation sites excluding steroid dienone is 2. The lowest BCUT2D eigenvalue weighted by atomic mass is 9.88. The third kappa shape index (κ3) is 1.20. The smallest absolute Gasteiger partial charge is 0.228 e. The van der Waals surface area contributed by atoms with Crippen molar-refractivity contribution in [1.29, 1.82) is 0 Å². The van der Waals surface area contributed by atoms with Gasteiger partial charge in [0.05, 0.1) is 18.1 Å². The first-order chi connectivity index (χ1) is 6.61. The van der Waals surface area contributed by atoms with E-state index >= 15 is 0 Å². The summed E-state index contributed by atoms with van der Waals surface area (Å²) in [4.78, 5) is 17.3. The number of carbonyl (C=O) groups excluding carboxylic acids is 1. The Kier molecular flexibility index (Phi) is 2.02. The molecule has 1 aliphatic heterocycles. The van der Waals surface area contributed by atoms with Crippen LogP contribution in [0, 0.1) is 5.92 Å². The lowest BCUT2D eigenvalue weighted by Crippen LogP contribution is -2.30. The Hall–Kier alpha value is -1.38. The summed E-state index contributed by atoms with van der Waals surface area (Å²) in [6, 6.07) is 0.142. The van der Waals surface area contributed by atoms with Crippen LogP contribution in [0.3, 0.4) is 0 Å². The third-order valence-corrected chi connectivity index (χ3v) is 2.97. The van der Waals surface area contributed by atoms with E-state index < -0.39 is 0 Å². The van der Waals surface area contributed by atoms with E-state index in [-0.39, 0.29) is 11.9 Å². The van der Waals surface area contributed by atoms with Crippen LogP contribution in [0.2, 0.25) is 0 Å². The average molecular weight is 190 g/mol. The summed E-state index contributed by atoms with van der Waals surface area (Å²) in [5.74, 6) is 0.429. The number of hydrogen-bond donors (Lipinski definition) is 0. The van der Waals surface area contributed by atoms with E-state index in [1.165, 1.54) is 5.57 Å². The van der Waals surface area contributed by atoms with Gasteiger partial charge in [-0.05, 0) is 13.0 Å². The molecule has 0 N–H and O–H groups in total. The predicted molar refractivity (Wildman–Crippen MR) is 55.8 cm³/mol. The van der Waals surface area contributed by atoms with Crippen LogP contribution in [-0.2, 0) is 4.79 Å². The normalized spacial score (nSPS) is 29.8. The van der Waals surface area contributed by atoms with Crippen LogP contribution in [0.5, 0.6) is 0 Å². The monoisotopic (exact) mass is 190 g/mol. The van der Waals surface area contributed by atoms with Gasteiger partial charge in [-0.2, -0.15) is 0 Å². The van der Waals surface area contributed by atoms with Gasteiger partial charge in [-0.3, -0.25) is 14.7 Å². The van der Waals surface area contributed by atoms with E-state index in [0.29, 0.717) is 5.92 Å². The van der Waals surface area contributed by atoms with Crippen LogP contribution < -0.4 is 0 Å². The van der Waals surface area contributed by atoms with Gasteiger partial charge in [-0.1, -0.05) is 18.6 Å². The van der Waals surface area contributed by atoms with Crippen LogP contribution in [-0.4, -0.2) is 23.2 Å². The average Bonchev–Trinajstić information content (AvgIpc) is 2.55. The van der Waals surface area contributed by atoms with Crippen molar-refractivity contribution < 1.29 is 4.79 Å². The van der Waals surface area contributed by atoms with Crippen LogP contribution in [0.15, 0.2) is 28.4 Å². The summed E-state index contributed by atoms with van der Waals surface area (Å²) in [7, 11) is 0. The van der Waals surface area contributed by atoms with Gasteiger partial charge >= 0.3 is 0 Å². The Balaban J connectivity index is 2.35. The molecule has 14 heavy (non-hydrogen) atoms. The fourth-order valence-electron chi connectivity index (χ4n) is 1.87. The molecule has 74 valence electrons. The quantitative estimate of drug-likeness (QED) is 0.572. The largest absolute Gasteiger partial charge is 0.274 e. The number of amides is 1. The number of rotatable bonds is 0. The number of fused-ring (bicyclic) bond motifs is 1. The molecule has 2 aliphatic rings. The molecule has 1 aliphatic carbocycles. The minimum Gasteiger partial charge on any atom is -0.274 e. The first-order valence-corrected chi connectivity index (χ1v) is 4.82. The zero-order chi connectivity index (χ0) is 10.3. The number of aliphatic imine (C=N–C) groups is 1. The van der Waals surface area contributed by atoms with Crippen molar-refractivity contribution in [3.05, 3.63) is 23.4 Å². The summed E-state index contributed by atoms with van der Waals surface area (Å²) in [5.41, 5.74) is 2.33. The fraction of sp³-hybridized carbons (Fsp3) is 0.455. The fourth-order valence-corrected chi connectivity index (χ4v) is 1.87. The highest BCUT2D eigenvalue weighted by Gasteiger charge is 2.33. The molecular weight excluding hydrogens is 176 g/mol. The molecule has 0 saturated carbocycles. The van der Waals surface area contributed by atoms with Gasteiger partial charge in [0.25, 0.3) is 0 Å². The molecule has 2 rings (SSSR count). The minimum absolute atomic E-state index is 0.0302. The van der Waals surface area contributed by atoms with Gasteiger partial charge in [0.1, 0.15) is 0 Å². The number of nitrogens with zero attached hydrogens (tertiary/aromatic N) is 2. The Morgan fingerprint density at radius 1 is 1.50 bits per heavy atom. The van der Waals surface area contributed by atoms with Crippen LogP contribution >= 0.6 is 0 Å². The molecular formula is C11H14N2O. The molecule has 0 aromatic carbocycles. The molecule has 3 nitrogen and oxygen atoms in total. The first-order valence-electron chi connectivity index (χ1n) is 4.82. The first kappa shape index (κ1) is 9.19. The number of carbonyl (C=O) groups is 1. The van der Waals surface area contributed by atoms with E-state index in [1.54, 1.807) is 18.2 Å². The van der Waals surface area contributed by atoms with Crippen LogP contribution in [0.25, 0.3) is 0 Å². The van der Waals surface area contributed by atoms with Gasteiger partial charge in [0.15, 0.2) is 0 Å². The molecule has 2 unspecified atom stereocenters. The topological polar surface area (TPSA) is 32.7 Å². The Morgan fingerprint density at radius 2 is 2.21 bits per heavy atom. The molecule has 1 amide bonds. The summed E-state index contributed by atoms with van der Waals surface area (Å²) in [5, 5.41) is 0. The highest BCUT2D eigenvalue weighted by atomic mass is 16.2. The molecule has 2 atom stereocenters. The van der Waals surface area contributed by atoms with Crippen LogP contribution in [0.4, 0.5) is 0 Å². The minimum atomic E-state index is 0.0302. The SMILES string of the molecule is CC(=O)N1C=NC2C1=CC=C(C)C2C. The lowest BCUT2D eigenvalue weighted by Gasteiger charge is -2.25. The molecule has 3 heteroatoms. The predicted octanol–water partition coefficient (Wildman–Crippen LogP) is 1.73. The lowest BCUT2D eigenvalue weighted by molar-refractivity contribution is -0.123. The summed E-state index contributed by atoms with van der Waals surface area (Å²) >= 11 is 0. The maximum atomic E-state index is 11.3. The van der Waals surface area contributed by atoms with Crippen molar-refractivity contribution in [3.8, 4) is 0 Å². The van der Waals surface area contributed by atoms with Crippen molar-refractivity contribution in [2.24, 2.45) is 10.9 Å². The van der Waals surface area contributed by atoms with Crippen molar-refractivity contribution in [2.45, 2.75) is 26.8 Å². The molecule has 0 radical (unpaired) electrons. The summed E-state index contributed by atoms with van der Waals surface area (Å²) in [6.07, 6.45) is 5.71. The molecule has 0 fully saturated rings. The van der Waals surface area contributed by atoms with Gasteiger partial charge in [-0.25, -0.2) is 0 Å². The zero-order valence-corrected chi connectivity index (χ0v) is 8.69. The Morgan fingerprint density at radius 3 is 2.86 bits per heavy atom. The van der Waals surface area contributed by atoms with Gasteiger partial charge < -0.3 is 0 Å². The van der Waals surface area contributed by atoms with Crippen molar-refractivity contribution in [2.75, 3.05) is 0 Å². The van der Waals surface area contributed by atoms with E-state index in [9.17, 15) is 4.79 Å². The highest BCUT2D eigenvalue weighted by molar-refractivity contribution is 5.90. The Bertz CT molecular complexity index is 365. The molecule has 0 aromatic rings. The third-order valence-electron chi connectivity index (χ3n) is 2.97. The van der Waals surface area contributed by atoms with Crippen molar-refractivity contribution in [3.63, 3.8) is 0 Å². The second-order valence-corrected chi connectivity index (χ2v) is 3.89. The van der Waals surface area contributed by atoms with E-state index in [1.807, 2.05) is 6.08 Å². The summed E-state index contributed by atoms with van der Waals surface area (Å²) < 4.78 is 0. The second-order valence-electron chi connectivity index (χ2n) is 3.89. The molecule has 1 heterocycles. The van der Waals surface area contributed by atoms with Gasteiger partial charge in [0.2, 0.25) is 5.91 Å². The number of hydrogen-bond acceptors (Lipinski definition) is 2. The van der Waals surface area contributed by atoms with Crippen molar-refractivity contribution in [1.82, 2.24) is 4.90 Å². The summed E-state index contributed by atoms with van der Waals surface area (Å²) in [6.45, 7) is 5.81. The molecule has 0 bridgehead atoms. The molecule has 0 aromatic heterocycles. The van der Waals surface area contributed by atoms with Gasteiger partial charge in [-0.15, -0.1) is 0 Å². The zero-order valence-electron chi connectivity index (χ0n) is 8.69. The van der Waals surface area contributed by atoms with E-state index in [0.717, 1.165) is 5.70 Å². The van der Waals surface area contributed by atoms with E-state index in [4.69, 9.17) is 0 Å². The highest BCUT2D eigenvalue weighted by Crippen LogP contribution is 2.32.